The van der Waals surface area contributed by atoms with E-state index >= 15 is 0 Å². The smallest absolute Gasteiger partial charge is 0.131 e. The van der Waals surface area contributed by atoms with Crippen molar-refractivity contribution >= 4 is 0 Å². The second-order valence-corrected chi connectivity index (χ2v) is 10.4. The molecule has 0 unspecified atom stereocenters. The van der Waals surface area contributed by atoms with Crippen molar-refractivity contribution in [3.63, 3.8) is 0 Å². The van der Waals surface area contributed by atoms with Crippen LogP contribution >= 0.6 is 0 Å². The van der Waals surface area contributed by atoms with Crippen LogP contribution in [0.15, 0.2) is 157 Å². The lowest BCUT2D eigenvalue weighted by molar-refractivity contribution is 0.374. The number of hydrogen-bond acceptors (Lipinski definition) is 2. The van der Waals surface area contributed by atoms with Crippen LogP contribution < -0.4 is 4.74 Å². The molecule has 0 radical (unpaired) electrons. The first kappa shape index (κ1) is 24.6. The van der Waals surface area contributed by atoms with E-state index in [1.54, 1.807) is 0 Å². The normalized spacial score (nSPS) is 14.2. The lowest BCUT2D eigenvalue weighted by Crippen LogP contribution is -2.34. The van der Waals surface area contributed by atoms with Crippen LogP contribution in [0.25, 0.3) is 22.3 Å². The highest BCUT2D eigenvalue weighted by Gasteiger charge is 2.51. The molecule has 41 heavy (non-hydrogen) atoms. The summed E-state index contributed by atoms with van der Waals surface area (Å²) in [5, 5.41) is 9.32. The maximum Gasteiger partial charge on any atom is 0.131 e. The fourth-order valence-electron chi connectivity index (χ4n) is 6.51. The molecule has 7 rings (SSSR count). The molecule has 2 heteroatoms. The molecule has 0 N–H and O–H groups in total. The van der Waals surface area contributed by atoms with Gasteiger partial charge >= 0.3 is 0 Å². The molecule has 0 atom stereocenters. The monoisotopic (exact) mass is 525 g/mol. The van der Waals surface area contributed by atoms with E-state index in [1.165, 1.54) is 22.3 Å². The van der Waals surface area contributed by atoms with E-state index in [4.69, 9.17) is 4.74 Å². The van der Waals surface area contributed by atoms with Crippen molar-refractivity contribution in [2.24, 2.45) is 0 Å². The minimum atomic E-state index is -0.505. The van der Waals surface area contributed by atoms with Gasteiger partial charge in [0.05, 0.1) is 17.0 Å². The topological polar surface area (TPSA) is 33.0 Å². The van der Waals surface area contributed by atoms with Gasteiger partial charge in [-0.25, -0.2) is 0 Å². The predicted octanol–water partition coefficient (Wildman–Crippen LogP) is 9.17. The molecule has 2 nitrogen and oxygen atoms in total. The number of para-hydroxylation sites is 1. The third-order valence-corrected chi connectivity index (χ3v) is 8.22. The number of benzene rings is 5. The van der Waals surface area contributed by atoms with Gasteiger partial charge in [-0.1, -0.05) is 128 Å². The first-order valence-corrected chi connectivity index (χ1v) is 13.8. The number of nitriles is 1. The van der Waals surface area contributed by atoms with Gasteiger partial charge in [0.1, 0.15) is 11.5 Å². The molecular weight excluding hydrogens is 498 g/mol. The van der Waals surface area contributed by atoms with E-state index < -0.39 is 5.41 Å². The number of fused-ring (bicyclic) bond motifs is 7. The van der Waals surface area contributed by atoms with Crippen LogP contribution in [0.1, 0.15) is 27.8 Å². The molecule has 5 aromatic carbocycles. The van der Waals surface area contributed by atoms with E-state index in [9.17, 15) is 5.26 Å². The maximum absolute atomic E-state index is 9.32. The second-order valence-electron chi connectivity index (χ2n) is 10.4. The summed E-state index contributed by atoms with van der Waals surface area (Å²) in [5.41, 5.74) is 10.7. The Labute approximate surface area is 240 Å². The molecule has 1 spiro atoms. The van der Waals surface area contributed by atoms with E-state index in [-0.39, 0.29) is 0 Å². The van der Waals surface area contributed by atoms with Gasteiger partial charge in [-0.3, -0.25) is 0 Å². The number of hydrogen-bond donors (Lipinski definition) is 0. The molecule has 0 saturated heterocycles. The van der Waals surface area contributed by atoms with Gasteiger partial charge in [0, 0.05) is 17.6 Å². The average Bonchev–Trinajstić information content (AvgIpc) is 3.32. The third-order valence-electron chi connectivity index (χ3n) is 8.22. The maximum atomic E-state index is 9.32. The lowest BCUT2D eigenvalue weighted by atomic mass is 9.65. The molecule has 0 bridgehead atoms. The van der Waals surface area contributed by atoms with Crippen LogP contribution in [0.4, 0.5) is 0 Å². The van der Waals surface area contributed by atoms with E-state index in [2.05, 4.69) is 110 Å². The van der Waals surface area contributed by atoms with E-state index in [0.717, 1.165) is 39.3 Å². The second kappa shape index (κ2) is 9.97. The largest absolute Gasteiger partial charge is 0.461 e. The van der Waals surface area contributed by atoms with Gasteiger partial charge in [0.15, 0.2) is 0 Å². The van der Waals surface area contributed by atoms with Gasteiger partial charge < -0.3 is 4.74 Å². The first-order valence-electron chi connectivity index (χ1n) is 13.8. The molecule has 1 aliphatic carbocycles. The SMILES string of the molecule is C=C/C=C\C1=C(Cc2ccc(-c3cccc(C#N)c3)cc2)Oc2ccccc2C12c1ccccc1-c1ccccc12. The molecule has 2 aliphatic rings. The summed E-state index contributed by atoms with van der Waals surface area (Å²) in [5.74, 6) is 1.81. The van der Waals surface area contributed by atoms with Gasteiger partial charge in [0.2, 0.25) is 0 Å². The highest BCUT2D eigenvalue weighted by Crippen LogP contribution is 2.60. The zero-order chi connectivity index (χ0) is 27.8. The number of nitrogens with zero attached hydrogens (tertiary/aromatic N) is 1. The van der Waals surface area contributed by atoms with Gasteiger partial charge in [-0.2, -0.15) is 5.26 Å². The summed E-state index contributed by atoms with van der Waals surface area (Å²) in [6, 6.07) is 44.5. The Morgan fingerprint density at radius 3 is 2.05 bits per heavy atom. The van der Waals surface area contributed by atoms with Crippen LogP contribution in [0.2, 0.25) is 0 Å². The fourth-order valence-corrected chi connectivity index (χ4v) is 6.51. The molecular formula is C39H27NO. The highest BCUT2D eigenvalue weighted by atomic mass is 16.5. The minimum absolute atomic E-state index is 0.505. The van der Waals surface area contributed by atoms with Crippen molar-refractivity contribution in [1.29, 1.82) is 5.26 Å². The Morgan fingerprint density at radius 1 is 0.707 bits per heavy atom. The Bertz CT molecular complexity index is 1870. The molecule has 0 fully saturated rings. The third kappa shape index (κ3) is 3.86. The van der Waals surface area contributed by atoms with Crippen molar-refractivity contribution in [3.8, 4) is 34.1 Å². The molecule has 194 valence electrons. The Hall–Kier alpha value is -5.39. The Kier molecular flexibility index (Phi) is 5.99. The van der Waals surface area contributed by atoms with Crippen molar-refractivity contribution in [2.45, 2.75) is 11.8 Å². The van der Waals surface area contributed by atoms with Crippen molar-refractivity contribution in [3.05, 3.63) is 185 Å². The van der Waals surface area contributed by atoms with Crippen molar-refractivity contribution in [1.82, 2.24) is 0 Å². The summed E-state index contributed by atoms with van der Waals surface area (Å²) in [4.78, 5) is 0. The minimum Gasteiger partial charge on any atom is -0.461 e. The van der Waals surface area contributed by atoms with Crippen LogP contribution in [-0.2, 0) is 11.8 Å². The van der Waals surface area contributed by atoms with E-state index in [0.29, 0.717) is 12.0 Å². The summed E-state index contributed by atoms with van der Waals surface area (Å²) >= 11 is 0. The van der Waals surface area contributed by atoms with Crippen molar-refractivity contribution in [2.75, 3.05) is 0 Å². The summed E-state index contributed by atoms with van der Waals surface area (Å²) in [6.07, 6.45) is 6.66. The molecule has 0 aromatic heterocycles. The van der Waals surface area contributed by atoms with E-state index in [1.807, 2.05) is 42.5 Å². The quantitative estimate of drug-likeness (QED) is 0.214. The Balaban J connectivity index is 1.42. The molecule has 5 aromatic rings. The zero-order valence-corrected chi connectivity index (χ0v) is 22.5. The summed E-state index contributed by atoms with van der Waals surface area (Å²) < 4.78 is 6.77. The average molecular weight is 526 g/mol. The van der Waals surface area contributed by atoms with Crippen LogP contribution in [0.5, 0.6) is 5.75 Å². The standard InChI is InChI=1S/C39H27NO/c1-2-3-15-36-38(25-27-20-22-29(23-21-27)30-12-10-11-28(24-30)26-40)41-37-19-9-8-18-35(37)39(36)33-16-6-4-13-31(33)32-14-5-7-17-34(32)39/h2-24H,1,25H2/b15-3-. The van der Waals surface area contributed by atoms with Crippen molar-refractivity contribution < 1.29 is 4.74 Å². The van der Waals surface area contributed by atoms with Gasteiger partial charge in [0.25, 0.3) is 0 Å². The number of ether oxygens (including phenoxy) is 1. The Morgan fingerprint density at radius 2 is 1.37 bits per heavy atom. The first-order chi connectivity index (χ1) is 20.2. The van der Waals surface area contributed by atoms with Gasteiger partial charge in [-0.15, -0.1) is 0 Å². The van der Waals surface area contributed by atoms with Crippen LogP contribution in [0.3, 0.4) is 0 Å². The molecule has 0 saturated carbocycles. The summed E-state index contributed by atoms with van der Waals surface area (Å²) in [7, 11) is 0. The highest BCUT2D eigenvalue weighted by molar-refractivity contribution is 5.88. The zero-order valence-electron chi connectivity index (χ0n) is 22.5. The predicted molar refractivity (Wildman–Crippen MR) is 165 cm³/mol. The lowest BCUT2D eigenvalue weighted by Gasteiger charge is -2.40. The molecule has 1 heterocycles. The molecule has 1 aliphatic heterocycles. The number of rotatable bonds is 5. The van der Waals surface area contributed by atoms with Gasteiger partial charge in [-0.05, 0) is 57.1 Å². The number of allylic oxidation sites excluding steroid dienone is 5. The fraction of sp³-hybridized carbons (Fsp3) is 0.0513. The molecule has 0 amide bonds. The van der Waals surface area contributed by atoms with Crippen LogP contribution in [-0.4, -0.2) is 0 Å². The van der Waals surface area contributed by atoms with Crippen LogP contribution in [0, 0.1) is 11.3 Å². The summed E-state index contributed by atoms with van der Waals surface area (Å²) in [6.45, 7) is 3.98.